The summed E-state index contributed by atoms with van der Waals surface area (Å²) in [5, 5.41) is 3.11. The van der Waals surface area contributed by atoms with Crippen LogP contribution in [0.1, 0.15) is 42.9 Å². The zero-order valence-corrected chi connectivity index (χ0v) is 16.3. The summed E-state index contributed by atoms with van der Waals surface area (Å²) in [6.45, 7) is 3.09. The molecule has 0 aromatic heterocycles. The van der Waals surface area contributed by atoms with Crippen LogP contribution >= 0.6 is 0 Å². The number of hydrogen-bond donors (Lipinski definition) is 1. The van der Waals surface area contributed by atoms with E-state index in [0.29, 0.717) is 6.54 Å². The van der Waals surface area contributed by atoms with E-state index in [2.05, 4.69) is 52.7 Å². The zero-order valence-electron chi connectivity index (χ0n) is 16.3. The molecule has 1 aliphatic carbocycles. The largest absolute Gasteiger partial charge is 0.484 e. The van der Waals surface area contributed by atoms with Crippen LogP contribution in [0, 0.1) is 0 Å². The molecule has 1 atom stereocenters. The van der Waals surface area contributed by atoms with Crippen molar-refractivity contribution in [1.82, 2.24) is 10.2 Å². The average Bonchev–Trinajstić information content (AvgIpc) is 2.94. The van der Waals surface area contributed by atoms with Gasteiger partial charge in [-0.25, -0.2) is 0 Å². The maximum atomic E-state index is 12.4. The van der Waals surface area contributed by atoms with Crippen LogP contribution in [-0.4, -0.2) is 30.4 Å². The first-order valence-corrected chi connectivity index (χ1v) is 10.3. The number of carbonyl (C=O) groups excluding carboxylic acids is 1. The highest BCUT2D eigenvalue weighted by Crippen LogP contribution is 2.30. The summed E-state index contributed by atoms with van der Waals surface area (Å²) in [4.78, 5) is 14.7. The zero-order chi connectivity index (χ0) is 19.2. The average molecular weight is 377 g/mol. The van der Waals surface area contributed by atoms with Crippen LogP contribution in [0.2, 0.25) is 0 Å². The second-order valence-corrected chi connectivity index (χ2v) is 7.59. The molecule has 0 saturated heterocycles. The van der Waals surface area contributed by atoms with Gasteiger partial charge in [0.15, 0.2) is 0 Å². The summed E-state index contributed by atoms with van der Waals surface area (Å²) in [6, 6.07) is 18.6. The summed E-state index contributed by atoms with van der Waals surface area (Å²) < 4.78 is 6.36. The quantitative estimate of drug-likeness (QED) is 0.849. The number of hydrogen-bond acceptors (Lipinski definition) is 3. The summed E-state index contributed by atoms with van der Waals surface area (Å²) in [5.41, 5.74) is 3.33. The van der Waals surface area contributed by atoms with E-state index in [9.17, 15) is 4.79 Å². The highest BCUT2D eigenvalue weighted by molar-refractivity contribution is 5.93. The van der Waals surface area contributed by atoms with Crippen LogP contribution in [0.3, 0.4) is 0 Å². The lowest BCUT2D eigenvalue weighted by Gasteiger charge is -2.24. The SMILES string of the molecule is O=C(NCCN1Cc2ccccc2O[C@@H](c2ccccc2)C1)C1=CCCCC1. The molecule has 1 amide bonds. The first-order chi connectivity index (χ1) is 13.8. The highest BCUT2D eigenvalue weighted by atomic mass is 16.5. The first-order valence-electron chi connectivity index (χ1n) is 10.3. The lowest BCUT2D eigenvalue weighted by molar-refractivity contribution is -0.117. The number of para-hydroxylation sites is 1. The molecule has 28 heavy (non-hydrogen) atoms. The molecule has 4 nitrogen and oxygen atoms in total. The molecule has 0 saturated carbocycles. The fourth-order valence-corrected chi connectivity index (χ4v) is 3.98. The number of allylic oxidation sites excluding steroid dienone is 1. The lowest BCUT2D eigenvalue weighted by atomic mass is 9.99. The minimum absolute atomic E-state index is 0.0124. The minimum Gasteiger partial charge on any atom is -0.484 e. The molecule has 0 bridgehead atoms. The van der Waals surface area contributed by atoms with E-state index in [1.165, 1.54) is 17.5 Å². The number of fused-ring (bicyclic) bond motifs is 1. The molecule has 146 valence electrons. The van der Waals surface area contributed by atoms with E-state index in [1.807, 2.05) is 18.2 Å². The van der Waals surface area contributed by atoms with Crippen LogP contribution in [0.15, 0.2) is 66.2 Å². The number of amides is 1. The molecule has 0 radical (unpaired) electrons. The lowest BCUT2D eigenvalue weighted by Crippen LogP contribution is -2.37. The number of carbonyl (C=O) groups is 1. The van der Waals surface area contributed by atoms with Crippen molar-refractivity contribution < 1.29 is 9.53 Å². The van der Waals surface area contributed by atoms with Gasteiger partial charge in [0.25, 0.3) is 0 Å². The minimum atomic E-state index is -0.0124. The Morgan fingerprint density at radius 1 is 1.07 bits per heavy atom. The highest BCUT2D eigenvalue weighted by Gasteiger charge is 2.24. The van der Waals surface area contributed by atoms with Crippen molar-refractivity contribution in [1.29, 1.82) is 0 Å². The maximum absolute atomic E-state index is 12.4. The van der Waals surface area contributed by atoms with Crippen molar-refractivity contribution in [2.45, 2.75) is 38.3 Å². The van der Waals surface area contributed by atoms with Crippen molar-refractivity contribution >= 4 is 5.91 Å². The molecule has 2 aromatic carbocycles. The van der Waals surface area contributed by atoms with Gasteiger partial charge in [-0.2, -0.15) is 0 Å². The molecule has 4 rings (SSSR count). The molecule has 1 N–H and O–H groups in total. The smallest absolute Gasteiger partial charge is 0.246 e. The van der Waals surface area contributed by atoms with Gasteiger partial charge in [-0.1, -0.05) is 54.6 Å². The number of ether oxygens (including phenoxy) is 1. The number of nitrogens with one attached hydrogen (secondary N) is 1. The predicted molar refractivity (Wildman–Crippen MR) is 111 cm³/mol. The Kier molecular flexibility index (Phi) is 6.07. The number of benzene rings is 2. The van der Waals surface area contributed by atoms with Gasteiger partial charge in [0.2, 0.25) is 5.91 Å². The molecule has 0 fully saturated rings. The third-order valence-corrected chi connectivity index (χ3v) is 5.53. The van der Waals surface area contributed by atoms with Crippen LogP contribution < -0.4 is 10.1 Å². The Labute approximate surface area is 167 Å². The van der Waals surface area contributed by atoms with Gasteiger partial charge in [0.05, 0.1) is 0 Å². The molecule has 0 unspecified atom stereocenters. The predicted octanol–water partition coefficient (Wildman–Crippen LogP) is 4.24. The topological polar surface area (TPSA) is 41.6 Å². The maximum Gasteiger partial charge on any atom is 0.246 e. The van der Waals surface area contributed by atoms with E-state index in [-0.39, 0.29) is 12.0 Å². The Morgan fingerprint density at radius 3 is 2.71 bits per heavy atom. The van der Waals surface area contributed by atoms with Crippen LogP contribution in [-0.2, 0) is 11.3 Å². The molecule has 2 aromatic rings. The number of rotatable bonds is 5. The third kappa shape index (κ3) is 4.63. The molecule has 0 spiro atoms. The van der Waals surface area contributed by atoms with Gasteiger partial charge < -0.3 is 10.1 Å². The monoisotopic (exact) mass is 376 g/mol. The van der Waals surface area contributed by atoms with Gasteiger partial charge >= 0.3 is 0 Å². The summed E-state index contributed by atoms with van der Waals surface area (Å²) >= 11 is 0. The van der Waals surface area contributed by atoms with Crippen LogP contribution in [0.5, 0.6) is 5.75 Å². The summed E-state index contributed by atoms with van der Waals surface area (Å²) in [5.74, 6) is 1.06. The van der Waals surface area contributed by atoms with Crippen molar-refractivity contribution in [2.75, 3.05) is 19.6 Å². The van der Waals surface area contributed by atoms with Gasteiger partial charge in [-0.15, -0.1) is 0 Å². The number of nitrogens with zero attached hydrogens (tertiary/aromatic N) is 1. The van der Waals surface area contributed by atoms with Crippen LogP contribution in [0.4, 0.5) is 0 Å². The van der Waals surface area contributed by atoms with E-state index >= 15 is 0 Å². The van der Waals surface area contributed by atoms with Crippen LogP contribution in [0.25, 0.3) is 0 Å². The summed E-state index contributed by atoms with van der Waals surface area (Å²) in [7, 11) is 0. The standard InChI is InChI=1S/C24H28N2O2/c27-24(20-11-5-2-6-12-20)25-15-16-26-17-21-13-7-8-14-22(21)28-23(18-26)19-9-3-1-4-10-19/h1,3-4,7-11,13-14,23H,2,5-6,12,15-18H2,(H,25,27)/t23-/m1/s1. The molecule has 1 heterocycles. The second-order valence-electron chi connectivity index (χ2n) is 7.59. The fraction of sp³-hybridized carbons (Fsp3) is 0.375. The Hall–Kier alpha value is -2.59. The van der Waals surface area contributed by atoms with E-state index in [0.717, 1.165) is 50.2 Å². The molecule has 2 aliphatic rings. The molecule has 1 aliphatic heterocycles. The van der Waals surface area contributed by atoms with E-state index in [1.54, 1.807) is 0 Å². The molecule has 4 heteroatoms. The summed E-state index contributed by atoms with van der Waals surface area (Å²) in [6.07, 6.45) is 6.35. The second kappa shape index (κ2) is 9.07. The van der Waals surface area contributed by atoms with Crippen molar-refractivity contribution in [3.05, 3.63) is 77.4 Å². The Bertz CT molecular complexity index is 832. The van der Waals surface area contributed by atoms with E-state index in [4.69, 9.17) is 4.74 Å². The molecular formula is C24H28N2O2. The Morgan fingerprint density at radius 2 is 1.89 bits per heavy atom. The van der Waals surface area contributed by atoms with Gasteiger partial charge in [-0.05, 0) is 37.3 Å². The fourth-order valence-electron chi connectivity index (χ4n) is 3.98. The third-order valence-electron chi connectivity index (χ3n) is 5.53. The Balaban J connectivity index is 1.42. The van der Waals surface area contributed by atoms with Crippen molar-refractivity contribution in [3.8, 4) is 5.75 Å². The van der Waals surface area contributed by atoms with Crippen molar-refractivity contribution in [2.24, 2.45) is 0 Å². The van der Waals surface area contributed by atoms with Gasteiger partial charge in [-0.3, -0.25) is 9.69 Å². The van der Waals surface area contributed by atoms with Gasteiger partial charge in [0.1, 0.15) is 11.9 Å². The van der Waals surface area contributed by atoms with E-state index < -0.39 is 0 Å². The molecular weight excluding hydrogens is 348 g/mol. The first kappa shape index (κ1) is 18.8. The van der Waals surface area contributed by atoms with Gasteiger partial charge in [0, 0.05) is 37.3 Å². The van der Waals surface area contributed by atoms with Crippen molar-refractivity contribution in [3.63, 3.8) is 0 Å². The normalized spacial score (nSPS) is 19.7.